The van der Waals surface area contributed by atoms with Crippen LogP contribution in [0.25, 0.3) is 0 Å². The molecule has 7 nitrogen and oxygen atoms in total. The van der Waals surface area contributed by atoms with E-state index in [1.807, 2.05) is 24.3 Å². The van der Waals surface area contributed by atoms with E-state index in [9.17, 15) is 19.2 Å². The fraction of sp³-hybridized carbons (Fsp3) is 0.455. The Hall–Kier alpha value is -2.10. The Kier molecular flexibility index (Phi) is 4.61. The van der Waals surface area contributed by atoms with Crippen molar-refractivity contribution >= 4 is 52.5 Å². The summed E-state index contributed by atoms with van der Waals surface area (Å²) in [4.78, 5) is 54.7. The molecule has 4 aliphatic rings. The Labute approximate surface area is 196 Å². The second kappa shape index (κ2) is 7.20. The number of carboxylic acid groups (broad SMARTS) is 1. The number of fused-ring (bicyclic) bond motifs is 9. The molecular formula is C22H19ClN2O5S2. The lowest BCUT2D eigenvalue weighted by atomic mass is 9.68. The summed E-state index contributed by atoms with van der Waals surface area (Å²) in [6, 6.07) is 7.66. The number of carbonyl (C=O) groups is 3. The second-order valence-electron chi connectivity index (χ2n) is 8.98. The molecule has 1 aromatic heterocycles. The highest BCUT2D eigenvalue weighted by atomic mass is 35.5. The third kappa shape index (κ3) is 2.80. The summed E-state index contributed by atoms with van der Waals surface area (Å²) in [7, 11) is 0. The maximum absolute atomic E-state index is 13.2. The van der Waals surface area contributed by atoms with Crippen LogP contribution in [0.2, 0.25) is 5.02 Å². The molecule has 10 heteroatoms. The number of nitrogens with zero attached hydrogens (tertiary/aromatic N) is 1. The van der Waals surface area contributed by atoms with Gasteiger partial charge in [0.15, 0.2) is 0 Å². The van der Waals surface area contributed by atoms with Gasteiger partial charge < -0.3 is 10.1 Å². The molecule has 0 unspecified atom stereocenters. The topological polar surface area (TPSA) is 108 Å². The van der Waals surface area contributed by atoms with Gasteiger partial charge in [-0.1, -0.05) is 35.1 Å². The van der Waals surface area contributed by atoms with Crippen LogP contribution in [0.5, 0.6) is 0 Å². The van der Waals surface area contributed by atoms with Gasteiger partial charge in [0.2, 0.25) is 11.8 Å². The van der Waals surface area contributed by atoms with Gasteiger partial charge in [-0.15, -0.1) is 11.8 Å². The van der Waals surface area contributed by atoms with Gasteiger partial charge in [-0.2, -0.15) is 0 Å². The van der Waals surface area contributed by atoms with E-state index in [2.05, 4.69) is 4.98 Å². The molecule has 7 atom stereocenters. The minimum Gasteiger partial charge on any atom is -0.481 e. The number of carbonyl (C=O) groups excluding carboxylic acids is 2. The van der Waals surface area contributed by atoms with Crippen molar-refractivity contribution in [3.05, 3.63) is 49.4 Å². The normalized spacial score (nSPS) is 34.5. The number of benzene rings is 1. The van der Waals surface area contributed by atoms with Crippen LogP contribution in [0.1, 0.15) is 29.2 Å². The lowest BCUT2D eigenvalue weighted by Gasteiger charge is -2.43. The largest absolute Gasteiger partial charge is 0.481 e. The van der Waals surface area contributed by atoms with E-state index in [4.69, 9.17) is 16.7 Å². The molecule has 2 aliphatic carbocycles. The number of halogens is 1. The van der Waals surface area contributed by atoms with Crippen LogP contribution in [0.15, 0.2) is 34.1 Å². The van der Waals surface area contributed by atoms with Gasteiger partial charge >= 0.3 is 10.8 Å². The van der Waals surface area contributed by atoms with Crippen LogP contribution in [0.4, 0.5) is 0 Å². The Balaban J connectivity index is 1.41. The van der Waals surface area contributed by atoms with E-state index >= 15 is 0 Å². The second-order valence-corrected chi connectivity index (χ2v) is 11.6. The van der Waals surface area contributed by atoms with Crippen molar-refractivity contribution in [2.75, 3.05) is 6.54 Å². The van der Waals surface area contributed by atoms with Crippen molar-refractivity contribution in [2.45, 2.75) is 29.0 Å². The van der Waals surface area contributed by atoms with E-state index < -0.39 is 11.9 Å². The molecule has 2 aliphatic heterocycles. The lowest BCUT2D eigenvalue weighted by Crippen LogP contribution is -2.42. The molecule has 1 aromatic carbocycles. The molecule has 2 N–H and O–H groups in total. The minimum atomic E-state index is -1.02. The third-order valence-electron chi connectivity index (χ3n) is 7.59. The number of H-pyrrole nitrogens is 1. The molecule has 2 bridgehead atoms. The quantitative estimate of drug-likeness (QED) is 0.638. The third-order valence-corrected chi connectivity index (χ3v) is 10.4. The van der Waals surface area contributed by atoms with Crippen molar-refractivity contribution in [1.82, 2.24) is 9.88 Å². The molecule has 3 fully saturated rings. The zero-order valence-electron chi connectivity index (χ0n) is 16.7. The lowest BCUT2D eigenvalue weighted by molar-refractivity contribution is -0.142. The summed E-state index contributed by atoms with van der Waals surface area (Å²) in [5, 5.41) is 10.6. The van der Waals surface area contributed by atoms with Crippen molar-refractivity contribution in [3.63, 3.8) is 0 Å². The highest BCUT2D eigenvalue weighted by Gasteiger charge is 2.69. The summed E-state index contributed by atoms with van der Waals surface area (Å²) in [5.41, 5.74) is 1.06. The predicted octanol–water partition coefficient (Wildman–Crippen LogP) is 3.04. The number of thiazole rings is 1. The van der Waals surface area contributed by atoms with Crippen molar-refractivity contribution < 1.29 is 19.5 Å². The van der Waals surface area contributed by atoms with Crippen molar-refractivity contribution in [2.24, 2.45) is 29.6 Å². The zero-order chi connectivity index (χ0) is 22.3. The molecule has 2 saturated carbocycles. The van der Waals surface area contributed by atoms with Crippen LogP contribution >= 0.6 is 34.7 Å². The fourth-order valence-electron chi connectivity index (χ4n) is 6.55. The standard InChI is InChI=1S/C22H19ClN2O5S2/c23-9-3-1-8(2-4-9)13-14-10-7-11(17(14)31-19-18(13)32-22(30)24-19)16-15(10)20(28)25(21(16)29)6-5-12(26)27/h1-4,10-11,13-17H,5-7H2,(H,24,30)(H,26,27)/t10-,11-,13-,14-,15+,16-,17+/m1/s1. The van der Waals surface area contributed by atoms with Crippen LogP contribution < -0.4 is 4.87 Å². The molecule has 6 rings (SSSR count). The summed E-state index contributed by atoms with van der Waals surface area (Å²) in [5.74, 6) is -2.08. The molecular weight excluding hydrogens is 472 g/mol. The highest BCUT2D eigenvalue weighted by molar-refractivity contribution is 8.00. The number of aromatic amines is 1. The number of hydrogen-bond acceptors (Lipinski definition) is 6. The average Bonchev–Trinajstić information content (AvgIpc) is 3.47. The summed E-state index contributed by atoms with van der Waals surface area (Å²) in [6.45, 7) is -0.0663. The van der Waals surface area contributed by atoms with E-state index in [-0.39, 0.29) is 64.5 Å². The number of rotatable bonds is 4. The maximum atomic E-state index is 13.2. The Morgan fingerprint density at radius 3 is 2.50 bits per heavy atom. The van der Waals surface area contributed by atoms with Crippen molar-refractivity contribution in [1.29, 1.82) is 0 Å². The molecule has 166 valence electrons. The molecule has 0 radical (unpaired) electrons. The van der Waals surface area contributed by atoms with Crippen LogP contribution in [-0.2, 0) is 14.4 Å². The number of likely N-dealkylation sites (tertiary alicyclic amines) is 1. The summed E-state index contributed by atoms with van der Waals surface area (Å²) >= 11 is 8.98. The highest BCUT2D eigenvalue weighted by Crippen LogP contribution is 2.68. The molecule has 2 aromatic rings. The Morgan fingerprint density at radius 2 is 1.81 bits per heavy atom. The number of nitrogens with one attached hydrogen (secondary N) is 1. The van der Waals surface area contributed by atoms with E-state index in [0.717, 1.165) is 21.9 Å². The number of imide groups is 1. The molecule has 2 amide bonds. The molecule has 3 heterocycles. The van der Waals surface area contributed by atoms with Gasteiger partial charge in [-0.3, -0.25) is 24.1 Å². The smallest absolute Gasteiger partial charge is 0.305 e. The van der Waals surface area contributed by atoms with Crippen LogP contribution in [0, 0.1) is 29.6 Å². The monoisotopic (exact) mass is 490 g/mol. The van der Waals surface area contributed by atoms with Gasteiger partial charge in [-0.25, -0.2) is 0 Å². The first-order valence-corrected chi connectivity index (χ1v) is 12.6. The Bertz CT molecular complexity index is 1210. The van der Waals surface area contributed by atoms with Crippen LogP contribution in [0.3, 0.4) is 0 Å². The number of thioether (sulfide) groups is 1. The molecule has 1 saturated heterocycles. The first kappa shape index (κ1) is 20.5. The van der Waals surface area contributed by atoms with Gasteiger partial charge in [0, 0.05) is 27.6 Å². The minimum absolute atomic E-state index is 0.0276. The number of carboxylic acids is 1. The van der Waals surface area contributed by atoms with Crippen LogP contribution in [-0.4, -0.2) is 44.6 Å². The Morgan fingerprint density at radius 1 is 1.12 bits per heavy atom. The molecule has 0 spiro atoms. The van der Waals surface area contributed by atoms with Crippen molar-refractivity contribution in [3.8, 4) is 0 Å². The van der Waals surface area contributed by atoms with Gasteiger partial charge in [0.1, 0.15) is 0 Å². The SMILES string of the molecule is O=C(O)CCN1C(=O)[C@@H]2[C@H]3C[C@@H]([C@@H]2C1=O)[C@@H]1[C@@H](c2ccc(Cl)cc2)c2sc(=O)[nH]c2S[C@@H]31. The first-order chi connectivity index (χ1) is 15.3. The van der Waals surface area contributed by atoms with Gasteiger partial charge in [0.25, 0.3) is 0 Å². The summed E-state index contributed by atoms with van der Waals surface area (Å²) < 4.78 is 0. The first-order valence-electron chi connectivity index (χ1n) is 10.6. The van der Waals surface area contributed by atoms with E-state index in [1.54, 1.807) is 11.8 Å². The van der Waals surface area contributed by atoms with Gasteiger partial charge in [0.05, 0.1) is 23.3 Å². The number of aliphatic carboxylic acids is 1. The zero-order valence-corrected chi connectivity index (χ0v) is 19.1. The summed E-state index contributed by atoms with van der Waals surface area (Å²) in [6.07, 6.45) is 0.574. The van der Waals surface area contributed by atoms with E-state index in [1.165, 1.54) is 16.2 Å². The molecule has 32 heavy (non-hydrogen) atoms. The average molecular weight is 491 g/mol. The van der Waals surface area contributed by atoms with E-state index in [0.29, 0.717) is 5.02 Å². The number of hydrogen-bond donors (Lipinski definition) is 2. The predicted molar refractivity (Wildman–Crippen MR) is 119 cm³/mol. The number of aromatic nitrogens is 1. The van der Waals surface area contributed by atoms with Gasteiger partial charge in [-0.05, 0) is 41.9 Å². The maximum Gasteiger partial charge on any atom is 0.305 e. The fourth-order valence-corrected chi connectivity index (χ4v) is 9.56. The number of amides is 2.